The highest BCUT2D eigenvalue weighted by molar-refractivity contribution is 5.44. The van der Waals surface area contributed by atoms with Crippen molar-refractivity contribution in [2.24, 2.45) is 5.92 Å². The van der Waals surface area contributed by atoms with E-state index in [4.69, 9.17) is 0 Å². The number of hydrogen-bond acceptors (Lipinski definition) is 1. The van der Waals surface area contributed by atoms with Gasteiger partial charge in [0.1, 0.15) is 5.75 Å². The minimum atomic E-state index is 0.464. The first-order valence-electron chi connectivity index (χ1n) is 6.96. The van der Waals surface area contributed by atoms with E-state index in [1.165, 1.54) is 19.3 Å². The SMILES string of the molecule is CCCC(C)c1cccc(C(C)C2CC2)c1O. The van der Waals surface area contributed by atoms with E-state index in [-0.39, 0.29) is 0 Å². The van der Waals surface area contributed by atoms with Gasteiger partial charge in [0.15, 0.2) is 0 Å². The average Bonchev–Trinajstić information content (AvgIpc) is 3.12. The van der Waals surface area contributed by atoms with Crippen LogP contribution in [0.15, 0.2) is 18.2 Å². The first-order valence-corrected chi connectivity index (χ1v) is 6.96. The predicted octanol–water partition coefficient (Wildman–Crippen LogP) is 4.81. The second-order valence-corrected chi connectivity index (χ2v) is 5.60. The van der Waals surface area contributed by atoms with Crippen molar-refractivity contribution in [3.8, 4) is 5.75 Å². The maximum Gasteiger partial charge on any atom is 0.122 e. The summed E-state index contributed by atoms with van der Waals surface area (Å²) in [6, 6.07) is 6.29. The van der Waals surface area contributed by atoms with Crippen LogP contribution in [-0.4, -0.2) is 5.11 Å². The molecule has 1 nitrogen and oxygen atoms in total. The first kappa shape index (κ1) is 12.5. The van der Waals surface area contributed by atoms with Gasteiger partial charge in [0.25, 0.3) is 0 Å². The zero-order valence-electron chi connectivity index (χ0n) is 11.2. The monoisotopic (exact) mass is 232 g/mol. The third-order valence-electron chi connectivity index (χ3n) is 4.17. The molecule has 94 valence electrons. The van der Waals surface area contributed by atoms with Crippen molar-refractivity contribution >= 4 is 0 Å². The lowest BCUT2D eigenvalue weighted by Crippen LogP contribution is -2.00. The molecule has 2 atom stereocenters. The van der Waals surface area contributed by atoms with Gasteiger partial charge < -0.3 is 5.11 Å². The number of aromatic hydroxyl groups is 1. The van der Waals surface area contributed by atoms with Crippen LogP contribution in [0.2, 0.25) is 0 Å². The molecule has 1 aliphatic carbocycles. The van der Waals surface area contributed by atoms with Crippen LogP contribution in [0.4, 0.5) is 0 Å². The second kappa shape index (κ2) is 5.12. The number of phenols is 1. The maximum absolute atomic E-state index is 10.4. The van der Waals surface area contributed by atoms with E-state index < -0.39 is 0 Å². The molecule has 0 aliphatic heterocycles. The molecule has 1 heteroatoms. The molecule has 0 aromatic heterocycles. The van der Waals surface area contributed by atoms with E-state index in [1.807, 2.05) is 0 Å². The standard InChI is InChI=1S/C16H24O/c1-4-6-11(2)14-7-5-8-15(16(14)17)12(3)13-9-10-13/h5,7-8,11-13,17H,4,6,9-10H2,1-3H3. The normalized spacial score (nSPS) is 19.0. The first-order chi connectivity index (χ1) is 8.15. The fraction of sp³-hybridized carbons (Fsp3) is 0.625. The van der Waals surface area contributed by atoms with Crippen LogP contribution < -0.4 is 0 Å². The van der Waals surface area contributed by atoms with Crippen LogP contribution in [-0.2, 0) is 0 Å². The van der Waals surface area contributed by atoms with Crippen LogP contribution in [0.3, 0.4) is 0 Å². The van der Waals surface area contributed by atoms with Crippen LogP contribution in [0, 0.1) is 5.92 Å². The van der Waals surface area contributed by atoms with Crippen LogP contribution in [0.1, 0.15) is 69.4 Å². The van der Waals surface area contributed by atoms with Crippen LogP contribution in [0.5, 0.6) is 5.75 Å². The molecule has 0 bridgehead atoms. The van der Waals surface area contributed by atoms with E-state index in [2.05, 4.69) is 39.0 Å². The Morgan fingerprint density at radius 1 is 1.24 bits per heavy atom. The Labute approximate surface area is 105 Å². The molecule has 1 aromatic rings. The van der Waals surface area contributed by atoms with Gasteiger partial charge in [-0.25, -0.2) is 0 Å². The summed E-state index contributed by atoms with van der Waals surface area (Å²) in [6.07, 6.45) is 4.97. The average molecular weight is 232 g/mol. The molecule has 0 saturated heterocycles. The van der Waals surface area contributed by atoms with Gasteiger partial charge in [-0.1, -0.05) is 45.4 Å². The Morgan fingerprint density at radius 2 is 1.88 bits per heavy atom. The molecule has 0 radical (unpaired) electrons. The molecule has 1 fully saturated rings. The zero-order valence-corrected chi connectivity index (χ0v) is 11.2. The lowest BCUT2D eigenvalue weighted by molar-refractivity contribution is 0.444. The minimum Gasteiger partial charge on any atom is -0.507 e. The molecule has 1 saturated carbocycles. The van der Waals surface area contributed by atoms with Gasteiger partial charge in [-0.05, 0) is 48.1 Å². The third kappa shape index (κ3) is 2.65. The molecule has 1 aromatic carbocycles. The van der Waals surface area contributed by atoms with E-state index in [9.17, 15) is 5.11 Å². The Kier molecular flexibility index (Phi) is 3.76. The lowest BCUT2D eigenvalue weighted by atomic mass is 9.88. The predicted molar refractivity (Wildman–Crippen MR) is 72.6 cm³/mol. The summed E-state index contributed by atoms with van der Waals surface area (Å²) in [7, 11) is 0. The Morgan fingerprint density at radius 3 is 2.47 bits per heavy atom. The summed E-state index contributed by atoms with van der Waals surface area (Å²) in [5.74, 6) is 2.35. The Balaban J connectivity index is 2.25. The summed E-state index contributed by atoms with van der Waals surface area (Å²) < 4.78 is 0. The van der Waals surface area contributed by atoms with Gasteiger partial charge in [-0.3, -0.25) is 0 Å². The van der Waals surface area contributed by atoms with Crippen molar-refractivity contribution in [3.63, 3.8) is 0 Å². The lowest BCUT2D eigenvalue weighted by Gasteiger charge is -2.18. The van der Waals surface area contributed by atoms with Gasteiger partial charge in [-0.2, -0.15) is 0 Å². The van der Waals surface area contributed by atoms with E-state index in [1.54, 1.807) is 0 Å². The van der Waals surface area contributed by atoms with Crippen molar-refractivity contribution < 1.29 is 5.11 Å². The molecule has 17 heavy (non-hydrogen) atoms. The fourth-order valence-corrected chi connectivity index (χ4v) is 2.78. The van der Waals surface area contributed by atoms with E-state index in [0.717, 1.165) is 23.5 Å². The number of benzene rings is 1. The number of hydrogen-bond donors (Lipinski definition) is 1. The number of rotatable bonds is 5. The summed E-state index contributed by atoms with van der Waals surface area (Å²) in [5, 5.41) is 10.4. The van der Waals surface area contributed by atoms with Crippen molar-refractivity contribution in [2.45, 2.75) is 58.3 Å². The highest BCUT2D eigenvalue weighted by Gasteiger charge is 2.31. The molecule has 1 aliphatic rings. The minimum absolute atomic E-state index is 0.464. The molecule has 2 rings (SSSR count). The van der Waals surface area contributed by atoms with E-state index >= 15 is 0 Å². The highest BCUT2D eigenvalue weighted by Crippen LogP contribution is 2.46. The summed E-state index contributed by atoms with van der Waals surface area (Å²) in [4.78, 5) is 0. The van der Waals surface area contributed by atoms with Gasteiger partial charge in [0.2, 0.25) is 0 Å². The number of phenolic OH excluding ortho intramolecular Hbond substituents is 1. The van der Waals surface area contributed by atoms with Crippen molar-refractivity contribution in [3.05, 3.63) is 29.3 Å². The third-order valence-corrected chi connectivity index (χ3v) is 4.17. The van der Waals surface area contributed by atoms with E-state index in [0.29, 0.717) is 17.6 Å². The van der Waals surface area contributed by atoms with Crippen molar-refractivity contribution in [1.82, 2.24) is 0 Å². The zero-order chi connectivity index (χ0) is 12.4. The molecular formula is C16H24O. The van der Waals surface area contributed by atoms with Gasteiger partial charge in [-0.15, -0.1) is 0 Å². The quantitative estimate of drug-likeness (QED) is 0.772. The Hall–Kier alpha value is -0.980. The number of para-hydroxylation sites is 1. The highest BCUT2D eigenvalue weighted by atomic mass is 16.3. The van der Waals surface area contributed by atoms with Gasteiger partial charge >= 0.3 is 0 Å². The van der Waals surface area contributed by atoms with Crippen LogP contribution >= 0.6 is 0 Å². The summed E-state index contributed by atoms with van der Waals surface area (Å²) >= 11 is 0. The molecule has 0 spiro atoms. The summed E-state index contributed by atoms with van der Waals surface area (Å²) in [6.45, 7) is 6.66. The van der Waals surface area contributed by atoms with Gasteiger partial charge in [0.05, 0.1) is 0 Å². The van der Waals surface area contributed by atoms with Crippen molar-refractivity contribution in [2.75, 3.05) is 0 Å². The second-order valence-electron chi connectivity index (χ2n) is 5.60. The van der Waals surface area contributed by atoms with Crippen molar-refractivity contribution in [1.29, 1.82) is 0 Å². The molecule has 0 heterocycles. The molecule has 1 N–H and O–H groups in total. The maximum atomic E-state index is 10.4. The molecular weight excluding hydrogens is 208 g/mol. The smallest absolute Gasteiger partial charge is 0.122 e. The summed E-state index contributed by atoms with van der Waals surface area (Å²) in [5.41, 5.74) is 2.30. The molecule has 0 amide bonds. The molecule has 2 unspecified atom stereocenters. The van der Waals surface area contributed by atoms with Gasteiger partial charge in [0, 0.05) is 0 Å². The fourth-order valence-electron chi connectivity index (χ4n) is 2.78. The topological polar surface area (TPSA) is 20.2 Å². The van der Waals surface area contributed by atoms with Crippen LogP contribution in [0.25, 0.3) is 0 Å². The largest absolute Gasteiger partial charge is 0.507 e. The Bertz CT molecular complexity index is 379.